The fraction of sp³-hybridized carbons (Fsp3) is 0.136. The number of aromatic hydroxyl groups is 1. The minimum atomic E-state index is -0.326. The van der Waals surface area contributed by atoms with Crippen LogP contribution in [0.1, 0.15) is 33.6 Å². The van der Waals surface area contributed by atoms with Crippen LogP contribution in [0.2, 0.25) is 0 Å². The lowest BCUT2D eigenvalue weighted by atomic mass is 10.1. The summed E-state index contributed by atoms with van der Waals surface area (Å²) in [5.74, 6) is -0.948. The zero-order valence-corrected chi connectivity index (χ0v) is 15.0. The number of hydrogen-bond acceptors (Lipinski definition) is 4. The Bertz CT molecular complexity index is 1070. The van der Waals surface area contributed by atoms with Crippen LogP contribution < -0.4 is 5.32 Å². The highest BCUT2D eigenvalue weighted by Crippen LogP contribution is 2.32. The number of imide groups is 1. The molecule has 4 rings (SSSR count). The van der Waals surface area contributed by atoms with Gasteiger partial charge < -0.3 is 10.4 Å². The molecule has 140 valence electrons. The van der Waals surface area contributed by atoms with Crippen molar-refractivity contribution in [2.75, 3.05) is 11.9 Å². The van der Waals surface area contributed by atoms with Gasteiger partial charge in [0, 0.05) is 18.4 Å². The molecular formula is C22H18N2O4. The summed E-state index contributed by atoms with van der Waals surface area (Å²) >= 11 is 0. The van der Waals surface area contributed by atoms with E-state index < -0.39 is 0 Å². The van der Waals surface area contributed by atoms with Crippen LogP contribution in [0, 0.1) is 0 Å². The molecule has 2 N–H and O–H groups in total. The molecule has 0 fully saturated rings. The van der Waals surface area contributed by atoms with E-state index in [-0.39, 0.29) is 36.4 Å². The Labute approximate surface area is 161 Å². The molecule has 1 heterocycles. The first-order valence-electron chi connectivity index (χ1n) is 9.02. The van der Waals surface area contributed by atoms with Crippen molar-refractivity contribution < 1.29 is 19.5 Å². The van der Waals surface area contributed by atoms with Gasteiger partial charge in [-0.25, -0.2) is 0 Å². The molecule has 3 aromatic carbocycles. The van der Waals surface area contributed by atoms with Gasteiger partial charge in [0.15, 0.2) is 0 Å². The Balaban J connectivity index is 1.40. The molecule has 0 aromatic heterocycles. The standard InChI is InChI=1S/C22H18N2O4/c25-18-12-11-14-6-1-2-7-15(14)20(18)23-19(26)10-5-13-24-21(27)16-8-3-4-9-17(16)22(24)28/h1-4,6-9,11-12,25H,5,10,13H2,(H,23,26). The second-order valence-corrected chi connectivity index (χ2v) is 6.64. The molecule has 6 nitrogen and oxygen atoms in total. The molecule has 3 aromatic rings. The van der Waals surface area contributed by atoms with Gasteiger partial charge in [0.1, 0.15) is 5.75 Å². The largest absolute Gasteiger partial charge is 0.506 e. The third-order valence-corrected chi connectivity index (χ3v) is 4.84. The Morgan fingerprint density at radius 3 is 2.25 bits per heavy atom. The molecular weight excluding hydrogens is 356 g/mol. The predicted octanol–water partition coefficient (Wildman–Crippen LogP) is 3.56. The lowest BCUT2D eigenvalue weighted by Gasteiger charge is -2.14. The molecule has 0 aliphatic carbocycles. The van der Waals surface area contributed by atoms with E-state index in [1.165, 1.54) is 11.0 Å². The lowest BCUT2D eigenvalue weighted by Crippen LogP contribution is -2.31. The van der Waals surface area contributed by atoms with E-state index in [0.29, 0.717) is 23.2 Å². The molecule has 0 saturated heterocycles. The van der Waals surface area contributed by atoms with Crippen molar-refractivity contribution in [3.63, 3.8) is 0 Å². The molecule has 1 aliphatic rings. The summed E-state index contributed by atoms with van der Waals surface area (Å²) < 4.78 is 0. The van der Waals surface area contributed by atoms with Crippen LogP contribution in [-0.4, -0.2) is 34.3 Å². The molecule has 0 saturated carbocycles. The van der Waals surface area contributed by atoms with Gasteiger partial charge in [-0.3, -0.25) is 19.3 Å². The molecule has 0 bridgehead atoms. The summed E-state index contributed by atoms with van der Waals surface area (Å²) in [7, 11) is 0. The number of amides is 3. The van der Waals surface area contributed by atoms with Gasteiger partial charge in [-0.2, -0.15) is 0 Å². The van der Waals surface area contributed by atoms with Crippen LogP contribution in [0.4, 0.5) is 5.69 Å². The van der Waals surface area contributed by atoms with Gasteiger partial charge in [0.25, 0.3) is 11.8 Å². The maximum absolute atomic E-state index is 12.4. The lowest BCUT2D eigenvalue weighted by molar-refractivity contribution is -0.116. The Hall–Kier alpha value is -3.67. The van der Waals surface area contributed by atoms with Gasteiger partial charge >= 0.3 is 0 Å². The van der Waals surface area contributed by atoms with Crippen molar-refractivity contribution in [2.24, 2.45) is 0 Å². The highest BCUT2D eigenvalue weighted by atomic mass is 16.3. The maximum atomic E-state index is 12.4. The summed E-state index contributed by atoms with van der Waals surface area (Å²) in [6.45, 7) is 0.168. The summed E-state index contributed by atoms with van der Waals surface area (Å²) in [4.78, 5) is 38.2. The number of phenols is 1. The van der Waals surface area contributed by atoms with E-state index in [9.17, 15) is 19.5 Å². The van der Waals surface area contributed by atoms with Crippen molar-refractivity contribution in [3.05, 3.63) is 71.8 Å². The second kappa shape index (κ2) is 7.15. The predicted molar refractivity (Wildman–Crippen MR) is 105 cm³/mol. The van der Waals surface area contributed by atoms with Gasteiger partial charge in [0.2, 0.25) is 5.91 Å². The molecule has 1 aliphatic heterocycles. The number of nitrogens with one attached hydrogen (secondary N) is 1. The van der Waals surface area contributed by atoms with E-state index in [1.807, 2.05) is 24.3 Å². The van der Waals surface area contributed by atoms with Crippen LogP contribution in [0.15, 0.2) is 60.7 Å². The fourth-order valence-corrected chi connectivity index (χ4v) is 3.43. The van der Waals surface area contributed by atoms with Gasteiger partial charge in [-0.1, -0.05) is 42.5 Å². The number of anilines is 1. The van der Waals surface area contributed by atoms with Crippen LogP contribution >= 0.6 is 0 Å². The first kappa shape index (κ1) is 17.7. The van der Waals surface area contributed by atoms with Crippen molar-refractivity contribution in [3.8, 4) is 5.75 Å². The maximum Gasteiger partial charge on any atom is 0.261 e. The van der Waals surface area contributed by atoms with Crippen LogP contribution in [0.5, 0.6) is 5.75 Å². The molecule has 0 radical (unpaired) electrons. The van der Waals surface area contributed by atoms with E-state index >= 15 is 0 Å². The molecule has 0 unspecified atom stereocenters. The number of hydrogen-bond donors (Lipinski definition) is 2. The van der Waals surface area contributed by atoms with Gasteiger partial charge in [-0.05, 0) is 30.0 Å². The second-order valence-electron chi connectivity index (χ2n) is 6.64. The number of fused-ring (bicyclic) bond motifs is 2. The Kier molecular flexibility index (Phi) is 4.53. The highest BCUT2D eigenvalue weighted by Gasteiger charge is 2.34. The zero-order chi connectivity index (χ0) is 19.7. The fourth-order valence-electron chi connectivity index (χ4n) is 3.43. The van der Waals surface area contributed by atoms with Gasteiger partial charge in [-0.15, -0.1) is 0 Å². The van der Waals surface area contributed by atoms with E-state index in [1.54, 1.807) is 30.3 Å². The molecule has 28 heavy (non-hydrogen) atoms. The first-order chi connectivity index (χ1) is 13.6. The minimum absolute atomic E-state index is 0.00704. The Morgan fingerprint density at radius 1 is 0.893 bits per heavy atom. The number of phenolic OH excluding ortho intramolecular Hbond substituents is 1. The van der Waals surface area contributed by atoms with E-state index in [4.69, 9.17) is 0 Å². The SMILES string of the molecule is O=C(CCCN1C(=O)c2ccccc2C1=O)Nc1c(O)ccc2ccccc12. The molecule has 6 heteroatoms. The van der Waals surface area contributed by atoms with Gasteiger partial charge in [0.05, 0.1) is 16.8 Å². The van der Waals surface area contributed by atoms with Crippen molar-refractivity contribution in [1.29, 1.82) is 0 Å². The molecule has 3 amide bonds. The van der Waals surface area contributed by atoms with Crippen molar-refractivity contribution in [2.45, 2.75) is 12.8 Å². The normalized spacial score (nSPS) is 13.1. The highest BCUT2D eigenvalue weighted by molar-refractivity contribution is 6.21. The molecule has 0 atom stereocenters. The number of rotatable bonds is 5. The van der Waals surface area contributed by atoms with Crippen LogP contribution in [0.25, 0.3) is 10.8 Å². The number of carbonyl (C=O) groups is 3. The monoisotopic (exact) mass is 374 g/mol. The summed E-state index contributed by atoms with van der Waals surface area (Å²) in [6, 6.07) is 17.5. The zero-order valence-electron chi connectivity index (χ0n) is 15.0. The summed E-state index contributed by atoms with van der Waals surface area (Å²) in [6.07, 6.45) is 0.457. The number of carbonyl (C=O) groups excluding carboxylic acids is 3. The average Bonchev–Trinajstić information content (AvgIpc) is 2.95. The first-order valence-corrected chi connectivity index (χ1v) is 9.02. The van der Waals surface area contributed by atoms with Crippen molar-refractivity contribution >= 4 is 34.2 Å². The van der Waals surface area contributed by atoms with Crippen LogP contribution in [0.3, 0.4) is 0 Å². The van der Waals surface area contributed by atoms with E-state index in [0.717, 1.165) is 10.8 Å². The summed E-state index contributed by atoms with van der Waals surface area (Å²) in [5, 5.41) is 14.5. The third kappa shape index (κ3) is 3.09. The average molecular weight is 374 g/mol. The summed E-state index contributed by atoms with van der Waals surface area (Å²) in [5.41, 5.74) is 1.17. The smallest absolute Gasteiger partial charge is 0.261 e. The van der Waals surface area contributed by atoms with E-state index in [2.05, 4.69) is 5.32 Å². The molecule has 0 spiro atoms. The third-order valence-electron chi connectivity index (χ3n) is 4.84. The number of benzene rings is 3. The van der Waals surface area contributed by atoms with Crippen LogP contribution in [-0.2, 0) is 4.79 Å². The number of nitrogens with zero attached hydrogens (tertiary/aromatic N) is 1. The quantitative estimate of drug-likeness (QED) is 0.528. The Morgan fingerprint density at radius 2 is 1.54 bits per heavy atom. The topological polar surface area (TPSA) is 86.7 Å². The minimum Gasteiger partial charge on any atom is -0.506 e. The van der Waals surface area contributed by atoms with Crippen molar-refractivity contribution in [1.82, 2.24) is 4.90 Å².